The number of aliphatic hydroxyl groups is 1. The van der Waals surface area contributed by atoms with Crippen LogP contribution in [-0.4, -0.2) is 64.3 Å². The molecule has 10 heteroatoms. The summed E-state index contributed by atoms with van der Waals surface area (Å²) < 4.78 is 38.8. The number of hydrogen-bond donors (Lipinski definition) is 1. The van der Waals surface area contributed by atoms with Crippen molar-refractivity contribution in [1.82, 2.24) is 0 Å². The number of hydrogen-bond acceptors (Lipinski definition) is 10. The van der Waals surface area contributed by atoms with E-state index in [4.69, 9.17) is 28.4 Å². The van der Waals surface area contributed by atoms with Crippen LogP contribution in [0.5, 0.6) is 0 Å². The molecule has 0 aromatic heterocycles. The van der Waals surface area contributed by atoms with Crippen LogP contribution in [0.3, 0.4) is 0 Å². The number of benzene rings is 2. The van der Waals surface area contributed by atoms with Gasteiger partial charge in [0.2, 0.25) is 11.6 Å². The summed E-state index contributed by atoms with van der Waals surface area (Å²) >= 11 is 0. The second-order valence-electron chi connectivity index (χ2n) is 17.5. The second-order valence-corrected chi connectivity index (χ2v) is 17.5. The van der Waals surface area contributed by atoms with E-state index < -0.39 is 58.4 Å². The first kappa shape index (κ1) is 34.5. The van der Waals surface area contributed by atoms with Crippen LogP contribution in [0.15, 0.2) is 60.7 Å². The van der Waals surface area contributed by atoms with Gasteiger partial charge in [0, 0.05) is 43.9 Å². The second kappa shape index (κ2) is 11.4. The van der Waals surface area contributed by atoms with Crippen molar-refractivity contribution in [3.63, 3.8) is 0 Å². The zero-order valence-electron chi connectivity index (χ0n) is 30.7. The third kappa shape index (κ3) is 4.59. The lowest BCUT2D eigenvalue weighted by atomic mass is 9.43. The maximum atomic E-state index is 14.0. The summed E-state index contributed by atoms with van der Waals surface area (Å²) in [6.45, 7) is 9.79. The molecular weight excluding hydrogens is 664 g/mol. The van der Waals surface area contributed by atoms with Gasteiger partial charge in [0.25, 0.3) is 0 Å². The van der Waals surface area contributed by atoms with Crippen LogP contribution >= 0.6 is 0 Å². The third-order valence-corrected chi connectivity index (χ3v) is 15.0. The van der Waals surface area contributed by atoms with E-state index in [9.17, 15) is 19.5 Å². The van der Waals surface area contributed by atoms with Gasteiger partial charge in [-0.15, -0.1) is 0 Å². The number of epoxide rings is 1. The van der Waals surface area contributed by atoms with Gasteiger partial charge in [0.15, 0.2) is 5.79 Å². The maximum Gasteiger partial charge on any atom is 0.340 e. The lowest BCUT2D eigenvalue weighted by Gasteiger charge is -2.62. The van der Waals surface area contributed by atoms with E-state index >= 15 is 0 Å². The summed E-state index contributed by atoms with van der Waals surface area (Å²) in [5, 5.41) is 12.9. The average Bonchev–Trinajstić information content (AvgIpc) is 3.68. The van der Waals surface area contributed by atoms with Crippen LogP contribution in [0.4, 0.5) is 0 Å². The predicted octanol–water partition coefficient (Wildman–Crippen LogP) is 6.59. The Bertz CT molecular complexity index is 1780. The fourth-order valence-corrected chi connectivity index (χ4v) is 12.8. The first-order chi connectivity index (χ1) is 24.7. The minimum Gasteiger partial charge on any atom is -0.463 e. The minimum absolute atomic E-state index is 0.0863. The zero-order valence-corrected chi connectivity index (χ0v) is 30.7. The first-order valence-electron chi connectivity index (χ1n) is 19.2. The molecule has 0 bridgehead atoms. The molecule has 4 saturated carbocycles. The Kier molecular flexibility index (Phi) is 7.52. The van der Waals surface area contributed by atoms with Gasteiger partial charge < -0.3 is 33.5 Å². The van der Waals surface area contributed by atoms with E-state index in [2.05, 4.69) is 13.8 Å². The van der Waals surface area contributed by atoms with E-state index in [-0.39, 0.29) is 35.2 Å². The highest BCUT2D eigenvalue weighted by Gasteiger charge is 2.95. The van der Waals surface area contributed by atoms with Crippen LogP contribution in [0.1, 0.15) is 107 Å². The van der Waals surface area contributed by atoms with Gasteiger partial charge in [0.05, 0.1) is 11.1 Å². The molecule has 10 nitrogen and oxygen atoms in total. The molecule has 1 N–H and O–H groups in total. The summed E-state index contributed by atoms with van der Waals surface area (Å²) in [4.78, 5) is 39.0. The van der Waals surface area contributed by atoms with Crippen LogP contribution < -0.4 is 0 Å². The molecule has 2 spiro atoms. The fourth-order valence-electron chi connectivity index (χ4n) is 12.8. The zero-order chi connectivity index (χ0) is 36.5. The molecule has 2 aromatic rings. The Labute approximate surface area is 304 Å². The molecule has 0 radical (unpaired) electrons. The van der Waals surface area contributed by atoms with Gasteiger partial charge in [0.1, 0.15) is 23.9 Å². The highest BCUT2D eigenvalue weighted by atomic mass is 16.8. The summed E-state index contributed by atoms with van der Waals surface area (Å²) in [6.07, 6.45) is 4.49. The normalized spacial score (nSPS) is 48.0. The number of rotatable bonds is 5. The standard InChI is InChI=1S/C42H50O10/c1-24-33-39(5)32(48-34(44)26-12-8-6-9-13-26)23-31-30(17-16-28-22-29(47-25(2)43)18-19-37(28,31)3)41(39)36(50-41)42(33,46)52-40(24)21-20-38(4,51-40)49-35(45)27-14-10-7-11-15-27/h6-15,24,28-33,36,46H,16-23H2,1-5H3/t24?,28?,29-,30?,31?,32+,33?,36?,37-,38-,39+,40+,41?,42+/m0/s1. The maximum absolute atomic E-state index is 14.0. The van der Waals surface area contributed by atoms with Crippen molar-refractivity contribution >= 4 is 17.9 Å². The van der Waals surface area contributed by atoms with Crippen molar-refractivity contribution < 1.29 is 47.9 Å². The molecule has 7 aliphatic rings. The molecule has 52 heavy (non-hydrogen) atoms. The summed E-state index contributed by atoms with van der Waals surface area (Å²) in [6, 6.07) is 17.9. The van der Waals surface area contributed by atoms with E-state index in [0.29, 0.717) is 36.3 Å². The smallest absolute Gasteiger partial charge is 0.340 e. The van der Waals surface area contributed by atoms with Gasteiger partial charge in [-0.05, 0) is 86.0 Å². The number of carbonyl (C=O) groups excluding carboxylic acids is 3. The molecule has 7 unspecified atom stereocenters. The predicted molar refractivity (Wildman–Crippen MR) is 185 cm³/mol. The van der Waals surface area contributed by atoms with Crippen LogP contribution in [-0.2, 0) is 33.2 Å². The summed E-state index contributed by atoms with van der Waals surface area (Å²) in [5.74, 6) is -5.57. The van der Waals surface area contributed by atoms with Crippen molar-refractivity contribution in [1.29, 1.82) is 0 Å². The first-order valence-corrected chi connectivity index (χ1v) is 19.2. The molecule has 9 rings (SSSR count). The SMILES string of the molecule is CC(=O)O[C@H]1CC[C@@]2(C)C(CCC3C2C[C@@H](OC(=O)c2ccccc2)[C@]2(C)C4C(C)[C@@]5(CC[C@@](C)(OC(=O)c6ccccc6)O5)O[C@@]4(O)C4OC342)C1. The van der Waals surface area contributed by atoms with Gasteiger partial charge in [-0.25, -0.2) is 9.59 Å². The van der Waals surface area contributed by atoms with E-state index in [1.54, 1.807) is 43.3 Å². The van der Waals surface area contributed by atoms with E-state index in [1.165, 1.54) is 6.92 Å². The Morgan fingerprint density at radius 3 is 2.13 bits per heavy atom. The van der Waals surface area contributed by atoms with Crippen molar-refractivity contribution in [3.05, 3.63) is 71.8 Å². The summed E-state index contributed by atoms with van der Waals surface area (Å²) in [7, 11) is 0. The van der Waals surface area contributed by atoms with Gasteiger partial charge in [-0.3, -0.25) is 4.79 Å². The molecule has 3 saturated heterocycles. The molecule has 2 aromatic carbocycles. The lowest BCUT2D eigenvalue weighted by molar-refractivity contribution is -0.348. The molecule has 278 valence electrons. The Morgan fingerprint density at radius 1 is 0.788 bits per heavy atom. The van der Waals surface area contributed by atoms with Crippen molar-refractivity contribution in [2.45, 2.75) is 127 Å². The van der Waals surface area contributed by atoms with Gasteiger partial charge >= 0.3 is 17.9 Å². The van der Waals surface area contributed by atoms with Crippen molar-refractivity contribution in [3.8, 4) is 0 Å². The number of carbonyl (C=O) groups is 3. The molecule has 3 aliphatic heterocycles. The molecule has 3 heterocycles. The average molecular weight is 715 g/mol. The van der Waals surface area contributed by atoms with Crippen LogP contribution in [0, 0.1) is 40.4 Å². The molecule has 4 aliphatic carbocycles. The minimum atomic E-state index is -1.71. The molecular formula is C42H50O10. The van der Waals surface area contributed by atoms with Gasteiger partial charge in [-0.2, -0.15) is 0 Å². The highest BCUT2D eigenvalue weighted by molar-refractivity contribution is 5.90. The number of esters is 3. The Hall–Kier alpha value is -3.31. The lowest BCUT2D eigenvalue weighted by Crippen LogP contribution is -2.65. The largest absolute Gasteiger partial charge is 0.463 e. The highest BCUT2D eigenvalue weighted by Crippen LogP contribution is 2.82. The Morgan fingerprint density at radius 2 is 1.46 bits per heavy atom. The summed E-state index contributed by atoms with van der Waals surface area (Å²) in [5.41, 5.74) is -0.773. The topological polar surface area (TPSA) is 130 Å². The number of ether oxygens (including phenoxy) is 6. The molecule has 0 amide bonds. The Balaban J connectivity index is 1.06. The third-order valence-electron chi connectivity index (χ3n) is 15.0. The van der Waals surface area contributed by atoms with Crippen molar-refractivity contribution in [2.75, 3.05) is 0 Å². The van der Waals surface area contributed by atoms with Gasteiger partial charge in [-0.1, -0.05) is 57.2 Å². The molecule has 7 fully saturated rings. The van der Waals surface area contributed by atoms with Crippen LogP contribution in [0.2, 0.25) is 0 Å². The van der Waals surface area contributed by atoms with E-state index in [1.807, 2.05) is 31.2 Å². The molecule has 14 atom stereocenters. The monoisotopic (exact) mass is 714 g/mol. The van der Waals surface area contributed by atoms with E-state index in [0.717, 1.165) is 32.1 Å². The van der Waals surface area contributed by atoms with Crippen molar-refractivity contribution in [2.24, 2.45) is 40.4 Å². The fraction of sp³-hybridized carbons (Fsp3) is 0.643. The quantitative estimate of drug-likeness (QED) is 0.206. The number of fused-ring (bicyclic) bond motifs is 6. The van der Waals surface area contributed by atoms with Crippen LogP contribution in [0.25, 0.3) is 0 Å².